The fraction of sp³-hybridized carbons (Fsp3) is 0.176. The van der Waals surface area contributed by atoms with Crippen molar-refractivity contribution in [1.82, 2.24) is 14.8 Å². The number of H-pyrrole nitrogens is 1. The van der Waals surface area contributed by atoms with E-state index in [1.165, 1.54) is 6.07 Å². The van der Waals surface area contributed by atoms with Gasteiger partial charge in [-0.15, -0.1) is 0 Å². The molecule has 0 aliphatic rings. The third-order valence-corrected chi connectivity index (χ3v) is 4.36. The maximum Gasteiger partial charge on any atom is 0.199 e. The summed E-state index contributed by atoms with van der Waals surface area (Å²) in [6.45, 7) is 0. The van der Waals surface area contributed by atoms with E-state index < -0.39 is 5.82 Å². The van der Waals surface area contributed by atoms with Gasteiger partial charge in [0.05, 0.1) is 19.9 Å². The number of halogens is 2. The average molecular weight is 380 g/mol. The second-order valence-corrected chi connectivity index (χ2v) is 6.02. The minimum atomic E-state index is -0.392. The van der Waals surface area contributed by atoms with E-state index in [1.54, 1.807) is 49.1 Å². The lowest BCUT2D eigenvalue weighted by Crippen LogP contribution is -2.05. The van der Waals surface area contributed by atoms with E-state index in [2.05, 4.69) is 10.2 Å². The van der Waals surface area contributed by atoms with Crippen LogP contribution in [0.4, 0.5) is 4.39 Å². The van der Waals surface area contributed by atoms with Crippen LogP contribution < -0.4 is 9.47 Å². The molecule has 0 saturated heterocycles. The number of methoxy groups -OCH3 is 2. The monoisotopic (exact) mass is 379 g/mol. The van der Waals surface area contributed by atoms with Crippen LogP contribution in [0.25, 0.3) is 5.69 Å². The summed E-state index contributed by atoms with van der Waals surface area (Å²) in [7, 11) is 3.13. The van der Waals surface area contributed by atoms with Crippen LogP contribution in [0.2, 0.25) is 5.02 Å². The molecule has 0 radical (unpaired) electrons. The fourth-order valence-electron chi connectivity index (χ4n) is 2.50. The van der Waals surface area contributed by atoms with Crippen molar-refractivity contribution >= 4 is 23.8 Å². The Balaban J connectivity index is 2.11. The molecular formula is C17H15ClFN3O2S. The molecule has 130 valence electrons. The van der Waals surface area contributed by atoms with Crippen LogP contribution in [0.5, 0.6) is 11.5 Å². The SMILES string of the molecule is COc1cc(OC)cc(-n2c(Cc3c(F)cccc3Cl)n[nH]c2=S)c1. The fourth-order valence-corrected chi connectivity index (χ4v) is 2.98. The first kappa shape index (κ1) is 17.4. The van der Waals surface area contributed by atoms with E-state index >= 15 is 0 Å². The van der Waals surface area contributed by atoms with Crippen molar-refractivity contribution in [2.24, 2.45) is 0 Å². The molecule has 8 heteroatoms. The number of benzene rings is 2. The summed E-state index contributed by atoms with van der Waals surface area (Å²) in [6, 6.07) is 9.90. The van der Waals surface area contributed by atoms with Gasteiger partial charge in [-0.2, -0.15) is 5.10 Å². The summed E-state index contributed by atoms with van der Waals surface area (Å²) < 4.78 is 26.8. The van der Waals surface area contributed by atoms with Gasteiger partial charge in [0, 0.05) is 35.2 Å². The van der Waals surface area contributed by atoms with Gasteiger partial charge in [0.2, 0.25) is 0 Å². The highest BCUT2D eigenvalue weighted by Crippen LogP contribution is 2.27. The molecule has 0 unspecified atom stereocenters. The van der Waals surface area contributed by atoms with Gasteiger partial charge in [-0.25, -0.2) is 4.39 Å². The number of aromatic nitrogens is 3. The van der Waals surface area contributed by atoms with Crippen molar-refractivity contribution in [3.8, 4) is 17.2 Å². The molecule has 0 aliphatic carbocycles. The molecule has 1 aromatic heterocycles. The number of nitrogens with one attached hydrogen (secondary N) is 1. The molecule has 2 aromatic carbocycles. The summed E-state index contributed by atoms with van der Waals surface area (Å²) in [5, 5.41) is 7.29. The molecule has 0 saturated carbocycles. The largest absolute Gasteiger partial charge is 0.497 e. The second kappa shape index (κ2) is 7.25. The molecule has 0 amide bonds. The van der Waals surface area contributed by atoms with Crippen molar-refractivity contribution < 1.29 is 13.9 Å². The summed E-state index contributed by atoms with van der Waals surface area (Å²) in [6.07, 6.45) is 0.179. The van der Waals surface area contributed by atoms with E-state index in [-0.39, 0.29) is 6.42 Å². The van der Waals surface area contributed by atoms with E-state index in [9.17, 15) is 4.39 Å². The third-order valence-electron chi connectivity index (χ3n) is 3.73. The Morgan fingerprint density at radius 2 is 1.88 bits per heavy atom. The predicted octanol–water partition coefficient (Wildman–Crippen LogP) is 4.33. The number of ether oxygens (including phenoxy) is 2. The van der Waals surface area contributed by atoms with Crippen molar-refractivity contribution in [1.29, 1.82) is 0 Å². The van der Waals surface area contributed by atoms with Crippen LogP contribution in [-0.4, -0.2) is 29.0 Å². The first-order valence-electron chi connectivity index (χ1n) is 7.36. The Morgan fingerprint density at radius 1 is 1.20 bits per heavy atom. The van der Waals surface area contributed by atoms with Crippen molar-refractivity contribution in [2.45, 2.75) is 6.42 Å². The normalized spacial score (nSPS) is 10.7. The molecule has 3 rings (SSSR count). The summed E-state index contributed by atoms with van der Waals surface area (Å²) >= 11 is 11.5. The number of hydrogen-bond donors (Lipinski definition) is 1. The number of nitrogens with zero attached hydrogens (tertiary/aromatic N) is 2. The topological polar surface area (TPSA) is 52.1 Å². The molecule has 1 heterocycles. The first-order valence-corrected chi connectivity index (χ1v) is 8.14. The van der Waals surface area contributed by atoms with E-state index in [1.807, 2.05) is 0 Å². The van der Waals surface area contributed by atoms with Crippen LogP contribution in [0.1, 0.15) is 11.4 Å². The Hall–Kier alpha value is -2.38. The second-order valence-electron chi connectivity index (χ2n) is 5.23. The Bertz CT molecular complexity index is 928. The van der Waals surface area contributed by atoms with Crippen molar-refractivity contribution in [3.63, 3.8) is 0 Å². The molecule has 5 nitrogen and oxygen atoms in total. The summed E-state index contributed by atoms with van der Waals surface area (Å²) in [5.74, 6) is 1.34. The molecule has 25 heavy (non-hydrogen) atoms. The lowest BCUT2D eigenvalue weighted by atomic mass is 10.1. The van der Waals surface area contributed by atoms with E-state index in [4.69, 9.17) is 33.3 Å². The Morgan fingerprint density at radius 3 is 2.48 bits per heavy atom. The van der Waals surface area contributed by atoms with Gasteiger partial charge in [0.1, 0.15) is 23.1 Å². The maximum atomic E-state index is 14.1. The van der Waals surface area contributed by atoms with Crippen LogP contribution in [0.3, 0.4) is 0 Å². The number of aromatic amines is 1. The highest BCUT2D eigenvalue weighted by Gasteiger charge is 2.15. The zero-order chi connectivity index (χ0) is 18.0. The zero-order valence-electron chi connectivity index (χ0n) is 13.5. The summed E-state index contributed by atoms with van der Waals surface area (Å²) in [4.78, 5) is 0. The van der Waals surface area contributed by atoms with E-state index in [0.29, 0.717) is 38.4 Å². The van der Waals surface area contributed by atoms with Gasteiger partial charge < -0.3 is 9.47 Å². The van der Waals surface area contributed by atoms with Gasteiger partial charge in [-0.1, -0.05) is 17.7 Å². The van der Waals surface area contributed by atoms with Crippen LogP contribution >= 0.6 is 23.8 Å². The molecular weight excluding hydrogens is 365 g/mol. The lowest BCUT2D eigenvalue weighted by Gasteiger charge is -2.12. The van der Waals surface area contributed by atoms with Crippen LogP contribution in [-0.2, 0) is 6.42 Å². The first-order chi connectivity index (χ1) is 12.0. The van der Waals surface area contributed by atoms with Gasteiger partial charge in [0.25, 0.3) is 0 Å². The summed E-state index contributed by atoms with van der Waals surface area (Å²) in [5.41, 5.74) is 1.05. The minimum Gasteiger partial charge on any atom is -0.497 e. The molecule has 0 spiro atoms. The molecule has 0 aliphatic heterocycles. The maximum absolute atomic E-state index is 14.1. The molecule has 0 fully saturated rings. The minimum absolute atomic E-state index is 0.179. The highest BCUT2D eigenvalue weighted by molar-refractivity contribution is 7.71. The van der Waals surface area contributed by atoms with Crippen LogP contribution in [0.15, 0.2) is 36.4 Å². The highest BCUT2D eigenvalue weighted by atomic mass is 35.5. The standard InChI is InChI=1S/C17H15ClFN3O2S/c1-23-11-6-10(7-12(8-11)24-2)22-16(20-21-17(22)25)9-13-14(18)4-3-5-15(13)19/h3-8H,9H2,1-2H3,(H,21,25). The lowest BCUT2D eigenvalue weighted by molar-refractivity contribution is 0.394. The molecule has 3 aromatic rings. The van der Waals surface area contributed by atoms with Crippen LogP contribution in [0, 0.1) is 10.6 Å². The van der Waals surface area contributed by atoms with E-state index in [0.717, 1.165) is 0 Å². The zero-order valence-corrected chi connectivity index (χ0v) is 15.1. The predicted molar refractivity (Wildman–Crippen MR) is 96.1 cm³/mol. The Kier molecular flexibility index (Phi) is 5.06. The molecule has 1 N–H and O–H groups in total. The smallest absolute Gasteiger partial charge is 0.199 e. The van der Waals surface area contributed by atoms with Gasteiger partial charge in [-0.3, -0.25) is 9.67 Å². The number of rotatable bonds is 5. The molecule has 0 atom stereocenters. The van der Waals surface area contributed by atoms with Gasteiger partial charge in [0.15, 0.2) is 4.77 Å². The average Bonchev–Trinajstić information content (AvgIpc) is 2.98. The van der Waals surface area contributed by atoms with Gasteiger partial charge in [-0.05, 0) is 24.4 Å². The molecule has 0 bridgehead atoms. The Labute approximate surface area is 154 Å². The quantitative estimate of drug-likeness (QED) is 0.670. The van der Waals surface area contributed by atoms with Crippen molar-refractivity contribution in [2.75, 3.05) is 14.2 Å². The number of hydrogen-bond acceptors (Lipinski definition) is 4. The van der Waals surface area contributed by atoms with Crippen molar-refractivity contribution in [3.05, 3.63) is 63.4 Å². The van der Waals surface area contributed by atoms with Gasteiger partial charge >= 0.3 is 0 Å². The third kappa shape index (κ3) is 3.52.